The molecule has 1 amide bonds. The Labute approximate surface area is 157 Å². The smallest absolute Gasteiger partial charge is 0.251 e. The van der Waals surface area contributed by atoms with E-state index in [0.29, 0.717) is 29.8 Å². The summed E-state index contributed by atoms with van der Waals surface area (Å²) in [5.74, 6) is 0.482. The van der Waals surface area contributed by atoms with Crippen molar-refractivity contribution in [2.24, 2.45) is 0 Å². The molecule has 25 heavy (non-hydrogen) atoms. The third-order valence-corrected chi connectivity index (χ3v) is 3.51. The first-order valence-corrected chi connectivity index (χ1v) is 7.69. The van der Waals surface area contributed by atoms with Crippen molar-refractivity contribution in [2.45, 2.75) is 13.0 Å². The molecule has 0 fully saturated rings. The number of Topliss-reactive ketones (excluding diaryl/α,β-unsaturated/α-hetero) is 1. The minimum atomic E-state index is -0.197. The molecule has 6 nitrogen and oxygen atoms in total. The number of ketones is 1. The number of halogens is 1. The fraction of sp³-hybridized carbons (Fsp3) is 0.278. The maximum atomic E-state index is 12.2. The fourth-order valence-electron chi connectivity index (χ4n) is 2.13. The molecule has 134 valence electrons. The van der Waals surface area contributed by atoms with Gasteiger partial charge in [0, 0.05) is 30.8 Å². The fourth-order valence-corrected chi connectivity index (χ4v) is 2.13. The number of aliphatic hydroxyl groups excluding tert-OH is 1. The van der Waals surface area contributed by atoms with Crippen LogP contribution in [0, 0.1) is 0 Å². The molecule has 0 saturated heterocycles. The van der Waals surface area contributed by atoms with Crippen LogP contribution >= 0.6 is 0 Å². The van der Waals surface area contributed by atoms with Crippen LogP contribution in [0.2, 0.25) is 0 Å². The van der Waals surface area contributed by atoms with Gasteiger partial charge in [0.05, 0.1) is 12.7 Å². The maximum absolute atomic E-state index is 12.2. The summed E-state index contributed by atoms with van der Waals surface area (Å²) in [7, 11) is 1.58. The predicted octanol–water partition coefficient (Wildman–Crippen LogP) is -2.02. The number of benzene rings is 1. The van der Waals surface area contributed by atoms with E-state index in [0.717, 1.165) is 0 Å². The number of carbonyl (C=O) groups excluding carboxylic acids is 2. The van der Waals surface area contributed by atoms with Crippen LogP contribution in [0.1, 0.15) is 27.1 Å². The van der Waals surface area contributed by atoms with Crippen molar-refractivity contribution < 1.29 is 41.0 Å². The quantitative estimate of drug-likeness (QED) is 0.300. The van der Waals surface area contributed by atoms with Gasteiger partial charge in [0.1, 0.15) is 5.75 Å². The second-order valence-corrected chi connectivity index (χ2v) is 5.24. The zero-order valence-corrected chi connectivity index (χ0v) is 15.5. The van der Waals surface area contributed by atoms with Crippen LogP contribution in [0.5, 0.6) is 5.75 Å². The number of amides is 1. The van der Waals surface area contributed by atoms with Crippen LogP contribution in [0.4, 0.5) is 0 Å². The lowest BCUT2D eigenvalue weighted by Crippen LogP contribution is -3.00. The Balaban J connectivity index is 0.00000312. The Bertz CT molecular complexity index is 687. The molecule has 7 heteroatoms. The largest absolute Gasteiger partial charge is 1.00 e. The first-order valence-electron chi connectivity index (χ1n) is 7.69. The van der Waals surface area contributed by atoms with E-state index in [1.807, 2.05) is 0 Å². The van der Waals surface area contributed by atoms with Gasteiger partial charge in [-0.1, -0.05) is 0 Å². The number of pyridine rings is 1. The SMILES string of the molecule is COc1ccc(C(=O)C[n+]2ccc(C(=O)NCCCO)cc2)cc1.[Br-]. The van der Waals surface area contributed by atoms with Gasteiger partial charge in [-0.05, 0) is 30.7 Å². The molecule has 2 aromatic rings. The van der Waals surface area contributed by atoms with Crippen LogP contribution in [0.25, 0.3) is 0 Å². The van der Waals surface area contributed by atoms with Crippen molar-refractivity contribution in [1.29, 1.82) is 0 Å². The van der Waals surface area contributed by atoms with E-state index in [9.17, 15) is 9.59 Å². The molecular weight excluding hydrogens is 388 g/mol. The molecule has 2 N–H and O–H groups in total. The van der Waals surface area contributed by atoms with Crippen molar-refractivity contribution >= 4 is 11.7 Å². The molecule has 0 aliphatic rings. The molecule has 0 bridgehead atoms. The lowest BCUT2D eigenvalue weighted by molar-refractivity contribution is -0.683. The lowest BCUT2D eigenvalue weighted by Gasteiger charge is -2.04. The highest BCUT2D eigenvalue weighted by molar-refractivity contribution is 5.95. The van der Waals surface area contributed by atoms with Crippen LogP contribution in [-0.2, 0) is 6.54 Å². The number of nitrogens with one attached hydrogen (secondary N) is 1. The predicted molar refractivity (Wildman–Crippen MR) is 88.0 cm³/mol. The Morgan fingerprint density at radius 1 is 1.08 bits per heavy atom. The molecule has 1 heterocycles. The van der Waals surface area contributed by atoms with E-state index < -0.39 is 0 Å². The van der Waals surface area contributed by atoms with E-state index >= 15 is 0 Å². The highest BCUT2D eigenvalue weighted by Gasteiger charge is 2.13. The van der Waals surface area contributed by atoms with Crippen molar-refractivity contribution in [1.82, 2.24) is 5.32 Å². The van der Waals surface area contributed by atoms with Crippen molar-refractivity contribution in [3.8, 4) is 5.75 Å². The van der Waals surface area contributed by atoms with Gasteiger partial charge in [0.2, 0.25) is 12.3 Å². The van der Waals surface area contributed by atoms with Gasteiger partial charge in [0.15, 0.2) is 12.4 Å². The first-order chi connectivity index (χ1) is 11.6. The van der Waals surface area contributed by atoms with E-state index in [-0.39, 0.29) is 41.8 Å². The number of aromatic nitrogens is 1. The zero-order chi connectivity index (χ0) is 17.4. The van der Waals surface area contributed by atoms with Gasteiger partial charge in [-0.15, -0.1) is 0 Å². The van der Waals surface area contributed by atoms with Gasteiger partial charge in [-0.25, -0.2) is 0 Å². The summed E-state index contributed by atoms with van der Waals surface area (Å²) in [5, 5.41) is 11.4. The first kappa shape index (κ1) is 20.8. The third kappa shape index (κ3) is 6.28. The maximum Gasteiger partial charge on any atom is 0.251 e. The molecule has 0 atom stereocenters. The third-order valence-electron chi connectivity index (χ3n) is 3.51. The van der Waals surface area contributed by atoms with Crippen LogP contribution < -0.4 is 31.6 Å². The number of rotatable bonds is 8. The summed E-state index contributed by atoms with van der Waals surface area (Å²) < 4.78 is 6.79. The average molecular weight is 409 g/mol. The van der Waals surface area contributed by atoms with Crippen molar-refractivity contribution in [3.05, 3.63) is 59.9 Å². The summed E-state index contributed by atoms with van der Waals surface area (Å²) in [5.41, 5.74) is 1.12. The number of hydrogen-bond donors (Lipinski definition) is 2. The van der Waals surface area contributed by atoms with Gasteiger partial charge in [0.25, 0.3) is 5.91 Å². The van der Waals surface area contributed by atoms with Crippen LogP contribution in [0.3, 0.4) is 0 Å². The Hall–Kier alpha value is -2.25. The van der Waals surface area contributed by atoms with E-state index in [1.165, 1.54) is 0 Å². The average Bonchev–Trinajstić information content (AvgIpc) is 2.62. The van der Waals surface area contributed by atoms with Gasteiger partial charge in [-0.2, -0.15) is 4.57 Å². The highest BCUT2D eigenvalue weighted by atomic mass is 79.9. The van der Waals surface area contributed by atoms with Crippen molar-refractivity contribution in [3.63, 3.8) is 0 Å². The molecule has 0 radical (unpaired) electrons. The standard InChI is InChI=1S/C18H20N2O4.BrH/c1-24-16-5-3-14(4-6-16)17(22)13-20-10-7-15(8-11-20)18(23)19-9-2-12-21;/h3-8,10-11,21H,2,9,12-13H2,1H3;1H. The number of methoxy groups -OCH3 is 1. The molecule has 0 spiro atoms. The van der Waals surface area contributed by atoms with Gasteiger partial charge < -0.3 is 32.1 Å². The lowest BCUT2D eigenvalue weighted by atomic mass is 10.1. The molecule has 0 unspecified atom stereocenters. The normalized spacial score (nSPS) is 9.84. The van der Waals surface area contributed by atoms with E-state index in [2.05, 4.69) is 5.32 Å². The number of hydrogen-bond acceptors (Lipinski definition) is 4. The van der Waals surface area contributed by atoms with E-state index in [4.69, 9.17) is 9.84 Å². The second kappa shape index (κ2) is 10.6. The minimum absolute atomic E-state index is 0. The molecule has 0 aliphatic carbocycles. The molecule has 0 saturated carbocycles. The summed E-state index contributed by atoms with van der Waals surface area (Å²) in [4.78, 5) is 24.1. The zero-order valence-electron chi connectivity index (χ0n) is 13.9. The summed E-state index contributed by atoms with van der Waals surface area (Å²) >= 11 is 0. The molecule has 0 aliphatic heterocycles. The Morgan fingerprint density at radius 2 is 1.72 bits per heavy atom. The van der Waals surface area contributed by atoms with Crippen LogP contribution in [0.15, 0.2) is 48.8 Å². The van der Waals surface area contributed by atoms with E-state index in [1.54, 1.807) is 60.5 Å². The number of aliphatic hydroxyl groups is 1. The Kier molecular flexibility index (Phi) is 8.80. The highest BCUT2D eigenvalue weighted by Crippen LogP contribution is 2.11. The number of ether oxygens (including phenoxy) is 1. The topological polar surface area (TPSA) is 79.5 Å². The van der Waals surface area contributed by atoms with Crippen LogP contribution in [-0.4, -0.2) is 37.1 Å². The molecular formula is C18H21BrN2O4. The summed E-state index contributed by atoms with van der Waals surface area (Å²) in [6, 6.07) is 10.3. The van der Waals surface area contributed by atoms with Gasteiger partial charge >= 0.3 is 0 Å². The monoisotopic (exact) mass is 408 g/mol. The molecule has 1 aromatic carbocycles. The Morgan fingerprint density at radius 3 is 2.28 bits per heavy atom. The summed E-state index contributed by atoms with van der Waals surface area (Å²) in [6.07, 6.45) is 3.92. The number of carbonyl (C=O) groups is 2. The molecule has 2 rings (SSSR count). The van der Waals surface area contributed by atoms with Crippen molar-refractivity contribution in [2.75, 3.05) is 20.3 Å². The summed E-state index contributed by atoms with van der Waals surface area (Å²) in [6.45, 7) is 0.668. The second-order valence-electron chi connectivity index (χ2n) is 5.24. The minimum Gasteiger partial charge on any atom is -1.00 e. The van der Waals surface area contributed by atoms with Gasteiger partial charge in [-0.3, -0.25) is 9.59 Å². The molecule has 1 aromatic heterocycles. The number of nitrogens with zero attached hydrogens (tertiary/aromatic N) is 1.